The third kappa shape index (κ3) is 6.81. The van der Waals surface area contributed by atoms with Gasteiger partial charge in [-0.1, -0.05) is 12.8 Å². The lowest BCUT2D eigenvalue weighted by Crippen LogP contribution is -2.43. The maximum atomic E-state index is 11.6. The van der Waals surface area contributed by atoms with Crippen molar-refractivity contribution in [1.82, 2.24) is 15.5 Å². The third-order valence-corrected chi connectivity index (χ3v) is 4.97. The molecule has 0 radical (unpaired) electrons. The number of amides is 1. The Kier molecular flexibility index (Phi) is 9.28. The molecule has 1 aromatic rings. The molecule has 2 N–H and O–H groups in total. The lowest BCUT2D eigenvalue weighted by molar-refractivity contribution is -0.127. The molecule has 146 valence electrons. The molecule has 0 bridgehead atoms. The van der Waals surface area contributed by atoms with E-state index in [1.54, 1.807) is 6.26 Å². The minimum absolute atomic E-state index is 0. The summed E-state index contributed by atoms with van der Waals surface area (Å²) in [6, 6.07) is 4.45. The van der Waals surface area contributed by atoms with E-state index in [2.05, 4.69) is 10.6 Å². The topological polar surface area (TPSA) is 69.9 Å². The van der Waals surface area contributed by atoms with Crippen molar-refractivity contribution in [1.29, 1.82) is 0 Å². The van der Waals surface area contributed by atoms with E-state index in [1.807, 2.05) is 17.0 Å². The Bertz CT molecular complexity index is 556. The van der Waals surface area contributed by atoms with Crippen LogP contribution in [0.4, 0.5) is 0 Å². The predicted octanol–water partition coefficient (Wildman–Crippen LogP) is 2.93. The van der Waals surface area contributed by atoms with Crippen molar-refractivity contribution in [2.75, 3.05) is 26.2 Å². The number of aliphatic imine (C=N–C) groups is 1. The number of likely N-dealkylation sites (tertiary alicyclic amines) is 1. The molecule has 1 aliphatic carbocycles. The van der Waals surface area contributed by atoms with E-state index in [4.69, 9.17) is 9.41 Å². The molecule has 1 aliphatic heterocycles. The molecule has 2 heterocycles. The fourth-order valence-electron chi connectivity index (χ4n) is 3.57. The summed E-state index contributed by atoms with van der Waals surface area (Å²) in [6.07, 6.45) is 10.2. The second kappa shape index (κ2) is 11.5. The molecular formula is C19H31IN4O2. The standard InChI is InChI=1S/C19H30N4O2.HI/c24-18-9-3-13-23(18)14-5-11-20-19(22-16-6-1-2-7-16)21-12-10-17-8-4-15-25-17;/h4,8,15-16H,1-3,5-7,9-14H2,(H2,20,21,22);1H. The third-order valence-electron chi connectivity index (χ3n) is 4.97. The molecule has 1 saturated carbocycles. The molecule has 0 atom stereocenters. The first kappa shape index (κ1) is 21.1. The highest BCUT2D eigenvalue weighted by atomic mass is 127. The van der Waals surface area contributed by atoms with Crippen LogP contribution in [-0.4, -0.2) is 49.0 Å². The van der Waals surface area contributed by atoms with Crippen LogP contribution in [0.2, 0.25) is 0 Å². The summed E-state index contributed by atoms with van der Waals surface area (Å²) in [7, 11) is 0. The number of guanidine groups is 1. The van der Waals surface area contributed by atoms with Gasteiger partial charge in [0.1, 0.15) is 5.76 Å². The van der Waals surface area contributed by atoms with Crippen LogP contribution in [0.3, 0.4) is 0 Å². The summed E-state index contributed by atoms with van der Waals surface area (Å²) in [6.45, 7) is 3.28. The zero-order chi connectivity index (χ0) is 17.3. The van der Waals surface area contributed by atoms with Crippen molar-refractivity contribution >= 4 is 35.8 Å². The van der Waals surface area contributed by atoms with Crippen LogP contribution in [0, 0.1) is 0 Å². The first-order valence-corrected chi connectivity index (χ1v) is 9.66. The Balaban J connectivity index is 0.00000243. The van der Waals surface area contributed by atoms with Crippen LogP contribution in [0.5, 0.6) is 0 Å². The zero-order valence-corrected chi connectivity index (χ0v) is 17.7. The molecule has 1 amide bonds. The monoisotopic (exact) mass is 474 g/mol. The van der Waals surface area contributed by atoms with Gasteiger partial charge in [-0.2, -0.15) is 0 Å². The largest absolute Gasteiger partial charge is 0.469 e. The smallest absolute Gasteiger partial charge is 0.222 e. The van der Waals surface area contributed by atoms with Crippen molar-refractivity contribution in [3.63, 3.8) is 0 Å². The second-order valence-electron chi connectivity index (χ2n) is 6.95. The number of hydrogen-bond donors (Lipinski definition) is 2. The van der Waals surface area contributed by atoms with Crippen molar-refractivity contribution in [3.05, 3.63) is 24.2 Å². The number of halogens is 1. The van der Waals surface area contributed by atoms with Crippen molar-refractivity contribution in [3.8, 4) is 0 Å². The fraction of sp³-hybridized carbons (Fsp3) is 0.684. The maximum absolute atomic E-state index is 11.6. The number of carbonyl (C=O) groups is 1. The number of rotatable bonds is 8. The Hall–Kier alpha value is -1.25. The van der Waals surface area contributed by atoms with Gasteiger partial charge in [-0.25, -0.2) is 0 Å². The minimum Gasteiger partial charge on any atom is -0.469 e. The Morgan fingerprint density at radius 3 is 2.85 bits per heavy atom. The van der Waals surface area contributed by atoms with Gasteiger partial charge in [0.05, 0.1) is 6.26 Å². The van der Waals surface area contributed by atoms with Crippen LogP contribution in [0.15, 0.2) is 27.8 Å². The molecule has 0 spiro atoms. The number of furan rings is 1. The zero-order valence-electron chi connectivity index (χ0n) is 15.4. The average molecular weight is 474 g/mol. The van der Waals surface area contributed by atoms with E-state index in [1.165, 1.54) is 25.7 Å². The summed E-state index contributed by atoms with van der Waals surface area (Å²) in [5.41, 5.74) is 0. The molecule has 2 aliphatic rings. The van der Waals surface area contributed by atoms with Gasteiger partial charge in [0.15, 0.2) is 5.96 Å². The molecule has 0 unspecified atom stereocenters. The molecule has 26 heavy (non-hydrogen) atoms. The SMILES string of the molecule is I.O=C1CCCN1CCCN=C(NCCc1ccco1)NC1CCCC1. The summed E-state index contributed by atoms with van der Waals surface area (Å²) in [4.78, 5) is 18.3. The van der Waals surface area contributed by atoms with E-state index < -0.39 is 0 Å². The first-order chi connectivity index (χ1) is 12.3. The molecule has 7 heteroatoms. The van der Waals surface area contributed by atoms with Crippen LogP contribution in [0.1, 0.15) is 50.7 Å². The van der Waals surface area contributed by atoms with E-state index in [0.29, 0.717) is 18.4 Å². The summed E-state index contributed by atoms with van der Waals surface area (Å²) >= 11 is 0. The molecule has 1 aromatic heterocycles. The van der Waals surface area contributed by atoms with Crippen LogP contribution < -0.4 is 10.6 Å². The van der Waals surface area contributed by atoms with Gasteiger partial charge in [0, 0.05) is 45.1 Å². The van der Waals surface area contributed by atoms with Crippen molar-refractivity contribution in [2.45, 2.75) is 57.4 Å². The molecule has 6 nitrogen and oxygen atoms in total. The van der Waals surface area contributed by atoms with Crippen LogP contribution in [0.25, 0.3) is 0 Å². The molecular weight excluding hydrogens is 443 g/mol. The second-order valence-corrected chi connectivity index (χ2v) is 6.95. The van der Waals surface area contributed by atoms with Crippen LogP contribution in [-0.2, 0) is 11.2 Å². The molecule has 0 aromatic carbocycles. The van der Waals surface area contributed by atoms with Gasteiger partial charge < -0.3 is 20.0 Å². The summed E-state index contributed by atoms with van der Waals surface area (Å²) < 4.78 is 5.38. The van der Waals surface area contributed by atoms with Gasteiger partial charge in [0.25, 0.3) is 0 Å². The number of carbonyl (C=O) groups excluding carboxylic acids is 1. The number of hydrogen-bond acceptors (Lipinski definition) is 3. The summed E-state index contributed by atoms with van der Waals surface area (Å²) in [5.74, 6) is 2.18. The average Bonchev–Trinajstić information content (AvgIpc) is 3.35. The van der Waals surface area contributed by atoms with E-state index >= 15 is 0 Å². The number of nitrogens with zero attached hydrogens (tertiary/aromatic N) is 2. The van der Waals surface area contributed by atoms with Crippen LogP contribution >= 0.6 is 24.0 Å². The highest BCUT2D eigenvalue weighted by Crippen LogP contribution is 2.17. The van der Waals surface area contributed by atoms with Gasteiger partial charge in [-0.3, -0.25) is 9.79 Å². The van der Waals surface area contributed by atoms with E-state index in [9.17, 15) is 4.79 Å². The number of nitrogens with one attached hydrogen (secondary N) is 2. The fourth-order valence-corrected chi connectivity index (χ4v) is 3.57. The highest BCUT2D eigenvalue weighted by molar-refractivity contribution is 14.0. The normalized spacial score (nSPS) is 18.2. The Morgan fingerprint density at radius 2 is 2.15 bits per heavy atom. The van der Waals surface area contributed by atoms with Crippen molar-refractivity contribution in [2.24, 2.45) is 4.99 Å². The van der Waals surface area contributed by atoms with E-state index in [0.717, 1.165) is 57.2 Å². The lowest BCUT2D eigenvalue weighted by Gasteiger charge is -2.18. The van der Waals surface area contributed by atoms with Gasteiger partial charge in [-0.15, -0.1) is 24.0 Å². The van der Waals surface area contributed by atoms with Crippen molar-refractivity contribution < 1.29 is 9.21 Å². The van der Waals surface area contributed by atoms with Gasteiger partial charge >= 0.3 is 0 Å². The Labute approximate surface area is 173 Å². The maximum Gasteiger partial charge on any atom is 0.222 e. The lowest BCUT2D eigenvalue weighted by atomic mass is 10.2. The summed E-state index contributed by atoms with van der Waals surface area (Å²) in [5, 5.41) is 6.98. The van der Waals surface area contributed by atoms with Gasteiger partial charge in [0.2, 0.25) is 5.91 Å². The molecule has 3 rings (SSSR count). The predicted molar refractivity (Wildman–Crippen MR) is 114 cm³/mol. The molecule has 2 fully saturated rings. The minimum atomic E-state index is 0. The Morgan fingerprint density at radius 1 is 1.31 bits per heavy atom. The molecule has 1 saturated heterocycles. The van der Waals surface area contributed by atoms with E-state index in [-0.39, 0.29) is 24.0 Å². The first-order valence-electron chi connectivity index (χ1n) is 9.66. The quantitative estimate of drug-likeness (QED) is 0.263. The van der Waals surface area contributed by atoms with Gasteiger partial charge in [-0.05, 0) is 37.8 Å². The highest BCUT2D eigenvalue weighted by Gasteiger charge is 2.19.